The van der Waals surface area contributed by atoms with Crippen molar-refractivity contribution in [2.45, 2.75) is 59.0 Å². The molecule has 134 valence electrons. The number of hydrogen-bond donors (Lipinski definition) is 1. The van der Waals surface area contributed by atoms with Gasteiger partial charge in [0.25, 0.3) is 0 Å². The summed E-state index contributed by atoms with van der Waals surface area (Å²) in [5.74, 6) is -0.184. The van der Waals surface area contributed by atoms with Gasteiger partial charge in [0.1, 0.15) is 6.04 Å². The molecular formula is C18H26Cl2N2O2. The van der Waals surface area contributed by atoms with Crippen molar-refractivity contribution >= 4 is 35.0 Å². The monoisotopic (exact) mass is 372 g/mol. The van der Waals surface area contributed by atoms with E-state index in [9.17, 15) is 9.59 Å². The van der Waals surface area contributed by atoms with Gasteiger partial charge in [-0.1, -0.05) is 56.5 Å². The van der Waals surface area contributed by atoms with Crippen LogP contribution in [0.1, 0.15) is 52.0 Å². The Kier molecular flexibility index (Phi) is 9.16. The first-order valence-corrected chi connectivity index (χ1v) is 9.21. The largest absolute Gasteiger partial charge is 0.354 e. The van der Waals surface area contributed by atoms with Crippen LogP contribution in [0.25, 0.3) is 0 Å². The number of hydrogen-bond acceptors (Lipinski definition) is 2. The molecule has 0 saturated heterocycles. The Morgan fingerprint density at radius 3 is 2.46 bits per heavy atom. The average Bonchev–Trinajstić information content (AvgIpc) is 2.56. The van der Waals surface area contributed by atoms with Crippen molar-refractivity contribution in [3.05, 3.63) is 33.8 Å². The van der Waals surface area contributed by atoms with E-state index in [0.29, 0.717) is 36.0 Å². The third-order valence-corrected chi connectivity index (χ3v) is 4.46. The van der Waals surface area contributed by atoms with Crippen LogP contribution in [-0.4, -0.2) is 29.3 Å². The van der Waals surface area contributed by atoms with Crippen molar-refractivity contribution in [3.8, 4) is 0 Å². The fourth-order valence-electron chi connectivity index (χ4n) is 2.46. The van der Waals surface area contributed by atoms with E-state index in [2.05, 4.69) is 12.2 Å². The fraction of sp³-hybridized carbons (Fsp3) is 0.556. The number of halogens is 2. The number of unbranched alkanes of at least 4 members (excludes halogenated alkanes) is 1. The summed E-state index contributed by atoms with van der Waals surface area (Å²) < 4.78 is 0. The van der Waals surface area contributed by atoms with Gasteiger partial charge in [-0.3, -0.25) is 9.59 Å². The molecule has 4 nitrogen and oxygen atoms in total. The Hall–Kier alpha value is -1.26. The van der Waals surface area contributed by atoms with Crippen LogP contribution in [0.2, 0.25) is 10.0 Å². The molecule has 1 atom stereocenters. The van der Waals surface area contributed by atoms with E-state index in [1.54, 1.807) is 30.0 Å². The van der Waals surface area contributed by atoms with Crippen LogP contribution in [0.15, 0.2) is 18.2 Å². The minimum atomic E-state index is -0.499. The van der Waals surface area contributed by atoms with Crippen LogP contribution < -0.4 is 5.32 Å². The van der Waals surface area contributed by atoms with Gasteiger partial charge in [-0.2, -0.15) is 0 Å². The van der Waals surface area contributed by atoms with E-state index in [0.717, 1.165) is 18.4 Å². The van der Waals surface area contributed by atoms with E-state index >= 15 is 0 Å². The summed E-state index contributed by atoms with van der Waals surface area (Å²) in [6.45, 7) is 6.69. The molecule has 0 unspecified atom stereocenters. The molecule has 0 saturated carbocycles. The third-order valence-electron chi connectivity index (χ3n) is 3.87. The Morgan fingerprint density at radius 2 is 1.92 bits per heavy atom. The number of carbonyl (C=O) groups is 2. The van der Waals surface area contributed by atoms with Crippen LogP contribution in [0.5, 0.6) is 0 Å². The Labute approximate surface area is 154 Å². The lowest BCUT2D eigenvalue weighted by atomic mass is 10.1. The van der Waals surface area contributed by atoms with Gasteiger partial charge in [-0.15, -0.1) is 0 Å². The molecule has 6 heteroatoms. The molecule has 0 bridgehead atoms. The number of benzene rings is 1. The van der Waals surface area contributed by atoms with Crippen molar-refractivity contribution in [1.29, 1.82) is 0 Å². The summed E-state index contributed by atoms with van der Waals surface area (Å²) in [7, 11) is 0. The topological polar surface area (TPSA) is 49.4 Å². The third kappa shape index (κ3) is 5.99. The molecule has 1 rings (SSSR count). The summed E-state index contributed by atoms with van der Waals surface area (Å²) in [4.78, 5) is 26.5. The first-order chi connectivity index (χ1) is 11.4. The predicted molar refractivity (Wildman–Crippen MR) is 99.3 cm³/mol. The lowest BCUT2D eigenvalue weighted by Crippen LogP contribution is -2.49. The first-order valence-electron chi connectivity index (χ1n) is 8.45. The molecule has 0 radical (unpaired) electrons. The van der Waals surface area contributed by atoms with Crippen LogP contribution in [-0.2, 0) is 16.1 Å². The highest BCUT2D eigenvalue weighted by molar-refractivity contribution is 6.35. The van der Waals surface area contributed by atoms with Gasteiger partial charge >= 0.3 is 0 Å². The summed E-state index contributed by atoms with van der Waals surface area (Å²) in [5, 5.41) is 3.96. The number of carbonyl (C=O) groups excluding carboxylic acids is 2. The molecule has 0 heterocycles. The molecule has 2 amide bonds. The first kappa shape index (κ1) is 20.8. The molecule has 0 aliphatic carbocycles. The summed E-state index contributed by atoms with van der Waals surface area (Å²) in [6.07, 6.45) is 2.82. The van der Waals surface area contributed by atoms with Gasteiger partial charge in [0.05, 0.1) is 0 Å². The zero-order valence-corrected chi connectivity index (χ0v) is 16.1. The maximum Gasteiger partial charge on any atom is 0.242 e. The second-order valence-electron chi connectivity index (χ2n) is 5.68. The number of amides is 2. The van der Waals surface area contributed by atoms with Crippen molar-refractivity contribution in [2.24, 2.45) is 0 Å². The van der Waals surface area contributed by atoms with E-state index < -0.39 is 6.04 Å². The summed E-state index contributed by atoms with van der Waals surface area (Å²) in [5.41, 5.74) is 0.780. The predicted octanol–water partition coefficient (Wildman–Crippen LogP) is 4.43. The summed E-state index contributed by atoms with van der Waals surface area (Å²) in [6, 6.07) is 4.68. The highest BCUT2D eigenvalue weighted by atomic mass is 35.5. The zero-order valence-electron chi connectivity index (χ0n) is 14.6. The zero-order chi connectivity index (χ0) is 18.1. The number of rotatable bonds is 9. The van der Waals surface area contributed by atoms with Gasteiger partial charge in [0.15, 0.2) is 0 Å². The van der Waals surface area contributed by atoms with Gasteiger partial charge in [0.2, 0.25) is 11.8 Å². The van der Waals surface area contributed by atoms with Crippen molar-refractivity contribution in [3.63, 3.8) is 0 Å². The fourth-order valence-corrected chi connectivity index (χ4v) is 2.93. The second kappa shape index (κ2) is 10.6. The molecule has 0 aliphatic heterocycles. The quantitative estimate of drug-likeness (QED) is 0.651. The molecule has 24 heavy (non-hydrogen) atoms. The van der Waals surface area contributed by atoms with Gasteiger partial charge in [-0.05, 0) is 30.5 Å². The second-order valence-corrected chi connectivity index (χ2v) is 6.52. The Bertz CT molecular complexity index is 564. The SMILES string of the molecule is CCCCNC(=O)[C@@H](CC)N(Cc1ccc(Cl)cc1Cl)C(=O)CC. The molecule has 0 spiro atoms. The van der Waals surface area contributed by atoms with Gasteiger partial charge in [-0.25, -0.2) is 0 Å². The van der Waals surface area contributed by atoms with E-state index in [1.807, 2.05) is 6.92 Å². The van der Waals surface area contributed by atoms with E-state index in [1.165, 1.54) is 0 Å². The minimum Gasteiger partial charge on any atom is -0.354 e. The number of nitrogens with one attached hydrogen (secondary N) is 1. The van der Waals surface area contributed by atoms with Crippen LogP contribution in [0, 0.1) is 0 Å². The maximum absolute atomic E-state index is 12.5. The molecule has 1 aromatic rings. The number of nitrogens with zero attached hydrogens (tertiary/aromatic N) is 1. The standard InChI is InChI=1S/C18H26Cl2N2O2/c1-4-7-10-21-18(24)16(5-2)22(17(23)6-3)12-13-8-9-14(19)11-15(13)20/h8-9,11,16H,4-7,10,12H2,1-3H3,(H,21,24)/t16-/m1/s1. The Balaban J connectivity index is 2.97. The lowest BCUT2D eigenvalue weighted by molar-refractivity contribution is -0.141. The molecule has 0 aromatic heterocycles. The van der Waals surface area contributed by atoms with Crippen molar-refractivity contribution in [2.75, 3.05) is 6.54 Å². The van der Waals surface area contributed by atoms with Crippen molar-refractivity contribution < 1.29 is 9.59 Å². The normalized spacial score (nSPS) is 11.9. The van der Waals surface area contributed by atoms with Gasteiger partial charge in [0, 0.05) is 29.6 Å². The van der Waals surface area contributed by atoms with Crippen LogP contribution in [0.3, 0.4) is 0 Å². The Morgan fingerprint density at radius 1 is 1.21 bits per heavy atom. The molecule has 1 N–H and O–H groups in total. The maximum atomic E-state index is 12.5. The molecule has 0 aliphatic rings. The minimum absolute atomic E-state index is 0.0708. The highest BCUT2D eigenvalue weighted by Gasteiger charge is 2.27. The van der Waals surface area contributed by atoms with Crippen LogP contribution in [0.4, 0.5) is 0 Å². The average molecular weight is 373 g/mol. The molecular weight excluding hydrogens is 347 g/mol. The van der Waals surface area contributed by atoms with Crippen molar-refractivity contribution in [1.82, 2.24) is 10.2 Å². The smallest absolute Gasteiger partial charge is 0.242 e. The lowest BCUT2D eigenvalue weighted by Gasteiger charge is -2.30. The highest BCUT2D eigenvalue weighted by Crippen LogP contribution is 2.24. The van der Waals surface area contributed by atoms with Crippen LogP contribution >= 0.6 is 23.2 Å². The summed E-state index contributed by atoms with van der Waals surface area (Å²) >= 11 is 12.2. The van der Waals surface area contributed by atoms with Gasteiger partial charge < -0.3 is 10.2 Å². The molecule has 1 aromatic carbocycles. The van der Waals surface area contributed by atoms with E-state index in [4.69, 9.17) is 23.2 Å². The molecule has 0 fully saturated rings. The van der Waals surface area contributed by atoms with E-state index in [-0.39, 0.29) is 11.8 Å².